The van der Waals surface area contributed by atoms with Gasteiger partial charge in [0.1, 0.15) is 5.75 Å². The van der Waals surface area contributed by atoms with Crippen LogP contribution < -0.4 is 9.64 Å². The summed E-state index contributed by atoms with van der Waals surface area (Å²) in [6, 6.07) is 17.1. The van der Waals surface area contributed by atoms with Crippen molar-refractivity contribution < 1.29 is 14.3 Å². The zero-order valence-corrected chi connectivity index (χ0v) is 16.9. The quantitative estimate of drug-likeness (QED) is 0.591. The Labute approximate surface area is 175 Å². The number of anilines is 1. The maximum Gasteiger partial charge on any atom is 0.289 e. The monoisotopic (exact) mass is 404 g/mol. The molecule has 3 aromatic rings. The molecular weight excluding hydrogens is 380 g/mol. The van der Waals surface area contributed by atoms with Crippen LogP contribution in [0.3, 0.4) is 0 Å². The molecule has 0 radical (unpaired) electrons. The third-order valence-electron chi connectivity index (χ3n) is 5.32. The van der Waals surface area contributed by atoms with E-state index in [4.69, 9.17) is 4.74 Å². The van der Waals surface area contributed by atoms with Crippen LogP contribution in [0.4, 0.5) is 5.69 Å². The first-order chi connectivity index (χ1) is 14.7. The molecule has 0 atom stereocenters. The number of carbonyl (C=O) groups is 2. The molecule has 7 nitrogen and oxygen atoms in total. The number of hydrogen-bond donors (Lipinski definition) is 0. The maximum absolute atomic E-state index is 13.0. The van der Waals surface area contributed by atoms with E-state index in [0.717, 1.165) is 18.8 Å². The minimum atomic E-state index is -0.143. The van der Waals surface area contributed by atoms with Gasteiger partial charge < -0.3 is 19.1 Å². The minimum Gasteiger partial charge on any atom is -0.497 e. The maximum atomic E-state index is 13.0. The highest BCUT2D eigenvalue weighted by Gasteiger charge is 2.25. The lowest BCUT2D eigenvalue weighted by Gasteiger charge is -2.36. The summed E-state index contributed by atoms with van der Waals surface area (Å²) in [5.41, 5.74) is 1.73. The van der Waals surface area contributed by atoms with Gasteiger partial charge in [-0.2, -0.15) is 0 Å². The molecule has 0 saturated carbocycles. The first kappa shape index (κ1) is 19.7. The minimum absolute atomic E-state index is 0.0668. The highest BCUT2D eigenvalue weighted by Crippen LogP contribution is 2.17. The smallest absolute Gasteiger partial charge is 0.289 e. The van der Waals surface area contributed by atoms with E-state index in [1.54, 1.807) is 53.2 Å². The molecule has 1 aliphatic heterocycles. The lowest BCUT2D eigenvalue weighted by molar-refractivity contribution is 0.0729. The van der Waals surface area contributed by atoms with Gasteiger partial charge in [0.15, 0.2) is 11.6 Å². The van der Waals surface area contributed by atoms with Crippen molar-refractivity contribution in [2.45, 2.75) is 6.54 Å². The summed E-state index contributed by atoms with van der Waals surface area (Å²) in [4.78, 5) is 34.0. The molecule has 0 aliphatic carbocycles. The van der Waals surface area contributed by atoms with Gasteiger partial charge >= 0.3 is 0 Å². The highest BCUT2D eigenvalue weighted by molar-refractivity contribution is 5.97. The lowest BCUT2D eigenvalue weighted by Crippen LogP contribution is -2.49. The number of para-hydroxylation sites is 1. The molecule has 2 aromatic carbocycles. The van der Waals surface area contributed by atoms with Crippen molar-refractivity contribution >= 4 is 17.4 Å². The molecule has 0 spiro atoms. The molecule has 30 heavy (non-hydrogen) atoms. The molecule has 7 heteroatoms. The predicted octanol–water partition coefficient (Wildman–Crippen LogP) is 2.74. The second kappa shape index (κ2) is 8.82. The van der Waals surface area contributed by atoms with Gasteiger partial charge in [-0.1, -0.05) is 18.2 Å². The zero-order valence-electron chi connectivity index (χ0n) is 16.9. The number of carbonyl (C=O) groups excluding carboxylic acids is 2. The number of nitrogens with zero attached hydrogens (tertiary/aromatic N) is 4. The molecule has 1 aromatic heterocycles. The molecule has 2 heterocycles. The predicted molar refractivity (Wildman–Crippen MR) is 114 cm³/mol. The third kappa shape index (κ3) is 4.20. The van der Waals surface area contributed by atoms with Gasteiger partial charge in [0.05, 0.1) is 13.7 Å². The average Bonchev–Trinajstić information content (AvgIpc) is 3.27. The van der Waals surface area contributed by atoms with E-state index in [9.17, 15) is 9.59 Å². The van der Waals surface area contributed by atoms with E-state index in [1.807, 2.05) is 18.2 Å². The topological polar surface area (TPSA) is 67.7 Å². The molecule has 1 saturated heterocycles. The van der Waals surface area contributed by atoms with E-state index in [2.05, 4.69) is 22.0 Å². The number of benzene rings is 2. The molecule has 4 rings (SSSR count). The van der Waals surface area contributed by atoms with Crippen molar-refractivity contribution in [2.75, 3.05) is 38.2 Å². The number of ketones is 1. The fourth-order valence-electron chi connectivity index (χ4n) is 3.61. The van der Waals surface area contributed by atoms with E-state index in [1.165, 1.54) is 0 Å². The lowest BCUT2D eigenvalue weighted by atomic mass is 10.1. The van der Waals surface area contributed by atoms with Crippen molar-refractivity contribution in [2.24, 2.45) is 0 Å². The van der Waals surface area contributed by atoms with Crippen LogP contribution in [0.25, 0.3) is 0 Å². The molecule has 1 fully saturated rings. The second-order valence-electron chi connectivity index (χ2n) is 7.15. The van der Waals surface area contributed by atoms with Crippen LogP contribution in [-0.4, -0.2) is 59.4 Å². The Morgan fingerprint density at radius 2 is 1.67 bits per heavy atom. The summed E-state index contributed by atoms with van der Waals surface area (Å²) >= 11 is 0. The van der Waals surface area contributed by atoms with Crippen LogP contribution in [0.15, 0.2) is 67.0 Å². The van der Waals surface area contributed by atoms with Crippen LogP contribution in [0.2, 0.25) is 0 Å². The standard InChI is InChI=1S/C23H24N4O3/c1-30-20-9-7-18(8-10-20)21(28)17-27-12-11-24-22(27)23(29)26-15-13-25(14-16-26)19-5-3-2-4-6-19/h2-12H,13-17H2,1H3. The van der Waals surface area contributed by atoms with E-state index < -0.39 is 0 Å². The first-order valence-corrected chi connectivity index (χ1v) is 9.93. The number of Topliss-reactive ketones (excluding diaryl/α,β-unsaturated/α-hetero) is 1. The number of amides is 1. The number of imidazole rings is 1. The van der Waals surface area contributed by atoms with Crippen LogP contribution in [-0.2, 0) is 6.54 Å². The zero-order chi connectivity index (χ0) is 20.9. The van der Waals surface area contributed by atoms with E-state index in [-0.39, 0.29) is 18.2 Å². The normalized spacial score (nSPS) is 13.9. The van der Waals surface area contributed by atoms with Gasteiger partial charge in [-0.15, -0.1) is 0 Å². The Morgan fingerprint density at radius 1 is 0.967 bits per heavy atom. The average molecular weight is 404 g/mol. The van der Waals surface area contributed by atoms with Gasteiger partial charge in [-0.25, -0.2) is 4.98 Å². The van der Waals surface area contributed by atoms with Crippen LogP contribution in [0.5, 0.6) is 5.75 Å². The van der Waals surface area contributed by atoms with Crippen molar-refractivity contribution in [3.63, 3.8) is 0 Å². The summed E-state index contributed by atoms with van der Waals surface area (Å²) in [5, 5.41) is 0. The second-order valence-corrected chi connectivity index (χ2v) is 7.15. The fourth-order valence-corrected chi connectivity index (χ4v) is 3.61. The third-order valence-corrected chi connectivity index (χ3v) is 5.32. The molecule has 154 valence electrons. The summed E-state index contributed by atoms with van der Waals surface area (Å²) in [7, 11) is 1.58. The van der Waals surface area contributed by atoms with Gasteiger partial charge in [0.2, 0.25) is 0 Å². The Bertz CT molecular complexity index is 1010. The Kier molecular flexibility index (Phi) is 5.79. The van der Waals surface area contributed by atoms with Gasteiger partial charge in [0, 0.05) is 49.8 Å². The van der Waals surface area contributed by atoms with Crippen LogP contribution in [0.1, 0.15) is 21.0 Å². The SMILES string of the molecule is COc1ccc(C(=O)Cn2ccnc2C(=O)N2CCN(c3ccccc3)CC2)cc1. The number of rotatable bonds is 6. The van der Waals surface area contributed by atoms with Crippen molar-refractivity contribution in [1.82, 2.24) is 14.5 Å². The summed E-state index contributed by atoms with van der Waals surface area (Å²) in [6.45, 7) is 2.83. The molecule has 0 unspecified atom stereocenters. The van der Waals surface area contributed by atoms with Crippen LogP contribution in [0, 0.1) is 0 Å². The summed E-state index contributed by atoms with van der Waals surface area (Å²) in [6.07, 6.45) is 3.24. The summed E-state index contributed by atoms with van der Waals surface area (Å²) in [5.74, 6) is 0.763. The van der Waals surface area contributed by atoms with Gasteiger partial charge in [0.25, 0.3) is 5.91 Å². The van der Waals surface area contributed by atoms with E-state index >= 15 is 0 Å². The van der Waals surface area contributed by atoms with Gasteiger partial charge in [-0.3, -0.25) is 9.59 Å². The highest BCUT2D eigenvalue weighted by atomic mass is 16.5. The molecular formula is C23H24N4O3. The number of piperazine rings is 1. The number of methoxy groups -OCH3 is 1. The van der Waals surface area contributed by atoms with Crippen molar-refractivity contribution in [3.8, 4) is 5.75 Å². The molecule has 1 amide bonds. The Morgan fingerprint density at radius 3 is 2.33 bits per heavy atom. The Balaban J connectivity index is 1.40. The number of hydrogen-bond acceptors (Lipinski definition) is 5. The summed E-state index contributed by atoms with van der Waals surface area (Å²) < 4.78 is 6.75. The van der Waals surface area contributed by atoms with Gasteiger partial charge in [-0.05, 0) is 36.4 Å². The molecule has 1 aliphatic rings. The first-order valence-electron chi connectivity index (χ1n) is 9.93. The van der Waals surface area contributed by atoms with Crippen molar-refractivity contribution in [1.29, 1.82) is 0 Å². The largest absolute Gasteiger partial charge is 0.497 e. The van der Waals surface area contributed by atoms with Crippen molar-refractivity contribution in [3.05, 3.63) is 78.4 Å². The Hall–Kier alpha value is -3.61. The molecule has 0 bridgehead atoms. The van der Waals surface area contributed by atoms with Crippen LogP contribution >= 0.6 is 0 Å². The number of ether oxygens (including phenoxy) is 1. The number of aromatic nitrogens is 2. The fraction of sp³-hybridized carbons (Fsp3) is 0.261. The molecule has 0 N–H and O–H groups in total. The van der Waals surface area contributed by atoms with E-state index in [0.29, 0.717) is 30.2 Å².